The Kier molecular flexibility index (Phi) is 5.53. The molecule has 2 aromatic carbocycles. The summed E-state index contributed by atoms with van der Waals surface area (Å²) in [6, 6.07) is 17.5. The lowest BCUT2D eigenvalue weighted by atomic mass is 9.89. The first-order chi connectivity index (χ1) is 13.7. The summed E-state index contributed by atoms with van der Waals surface area (Å²) in [5, 5.41) is 2.19. The molecular formula is C23H23NO3S. The molecule has 2 heterocycles. The molecule has 4 rings (SSSR count). The van der Waals surface area contributed by atoms with Crippen molar-refractivity contribution < 1.29 is 14.0 Å². The summed E-state index contributed by atoms with van der Waals surface area (Å²) >= 11 is 1.65. The van der Waals surface area contributed by atoms with Crippen molar-refractivity contribution in [1.82, 2.24) is 4.90 Å². The number of carbonyl (C=O) groups is 2. The Morgan fingerprint density at radius 3 is 2.75 bits per heavy atom. The van der Waals surface area contributed by atoms with E-state index >= 15 is 0 Å². The number of rotatable bonds is 5. The second-order valence-electron chi connectivity index (χ2n) is 7.22. The summed E-state index contributed by atoms with van der Waals surface area (Å²) in [6.07, 6.45) is 3.64. The SMILES string of the molecule is CSCc1ccc(C(=O)N2CCC[C@@H](C(=O)c3ccc4ccccc4c3)C2)o1. The van der Waals surface area contributed by atoms with Crippen molar-refractivity contribution in [2.45, 2.75) is 18.6 Å². The number of carbonyl (C=O) groups excluding carboxylic acids is 2. The quantitative estimate of drug-likeness (QED) is 0.571. The summed E-state index contributed by atoms with van der Waals surface area (Å²) in [5.74, 6) is 1.74. The minimum Gasteiger partial charge on any atom is -0.455 e. The molecule has 0 radical (unpaired) electrons. The van der Waals surface area contributed by atoms with Gasteiger partial charge in [-0.15, -0.1) is 0 Å². The number of ketones is 1. The van der Waals surface area contributed by atoms with Crippen molar-refractivity contribution in [2.75, 3.05) is 19.3 Å². The van der Waals surface area contributed by atoms with Gasteiger partial charge in [0.05, 0.1) is 5.75 Å². The van der Waals surface area contributed by atoms with Gasteiger partial charge >= 0.3 is 0 Å². The average molecular weight is 394 g/mol. The summed E-state index contributed by atoms with van der Waals surface area (Å²) in [5.41, 5.74) is 0.721. The molecule has 5 heteroatoms. The van der Waals surface area contributed by atoms with E-state index in [0.717, 1.165) is 40.7 Å². The Balaban J connectivity index is 1.49. The summed E-state index contributed by atoms with van der Waals surface area (Å²) < 4.78 is 5.67. The molecule has 1 aliphatic rings. The number of nitrogens with zero attached hydrogens (tertiary/aromatic N) is 1. The third kappa shape index (κ3) is 3.85. The van der Waals surface area contributed by atoms with Gasteiger partial charge in [0, 0.05) is 24.6 Å². The van der Waals surface area contributed by atoms with Crippen molar-refractivity contribution in [3.05, 3.63) is 71.7 Å². The fourth-order valence-electron chi connectivity index (χ4n) is 3.82. The van der Waals surface area contributed by atoms with Gasteiger partial charge in [-0.1, -0.05) is 36.4 Å². The van der Waals surface area contributed by atoms with Gasteiger partial charge in [-0.3, -0.25) is 9.59 Å². The third-order valence-corrected chi connectivity index (χ3v) is 5.85. The molecule has 1 fully saturated rings. The summed E-state index contributed by atoms with van der Waals surface area (Å²) in [4.78, 5) is 27.6. The molecule has 0 bridgehead atoms. The Morgan fingerprint density at radius 2 is 1.93 bits per heavy atom. The third-order valence-electron chi connectivity index (χ3n) is 5.27. The molecule has 0 saturated carbocycles. The molecule has 0 aliphatic carbocycles. The largest absolute Gasteiger partial charge is 0.455 e. The summed E-state index contributed by atoms with van der Waals surface area (Å²) in [6.45, 7) is 1.11. The number of thioether (sulfide) groups is 1. The number of benzene rings is 2. The molecular weight excluding hydrogens is 370 g/mol. The number of likely N-dealkylation sites (tertiary alicyclic amines) is 1. The van der Waals surface area contributed by atoms with Crippen LogP contribution in [-0.4, -0.2) is 35.9 Å². The van der Waals surface area contributed by atoms with Gasteiger partial charge in [-0.25, -0.2) is 0 Å². The molecule has 0 unspecified atom stereocenters. The van der Waals surface area contributed by atoms with Crippen LogP contribution >= 0.6 is 11.8 Å². The van der Waals surface area contributed by atoms with Crippen LogP contribution in [0.2, 0.25) is 0 Å². The Labute approximate surface area is 168 Å². The molecule has 1 aliphatic heterocycles. The topological polar surface area (TPSA) is 50.5 Å². The zero-order valence-corrected chi connectivity index (χ0v) is 16.7. The molecule has 1 atom stereocenters. The van der Waals surface area contributed by atoms with Gasteiger partial charge in [0.1, 0.15) is 5.76 Å². The van der Waals surface area contributed by atoms with Crippen LogP contribution in [0, 0.1) is 5.92 Å². The van der Waals surface area contributed by atoms with Crippen molar-refractivity contribution in [2.24, 2.45) is 5.92 Å². The zero-order chi connectivity index (χ0) is 19.5. The number of hydrogen-bond acceptors (Lipinski definition) is 4. The van der Waals surface area contributed by atoms with Crippen molar-refractivity contribution in [3.63, 3.8) is 0 Å². The smallest absolute Gasteiger partial charge is 0.289 e. The molecule has 0 N–H and O–H groups in total. The van der Waals surface area contributed by atoms with Crippen LogP contribution in [-0.2, 0) is 5.75 Å². The van der Waals surface area contributed by atoms with E-state index in [9.17, 15) is 9.59 Å². The highest BCUT2D eigenvalue weighted by molar-refractivity contribution is 7.97. The number of amides is 1. The number of hydrogen-bond donors (Lipinski definition) is 0. The van der Waals surface area contributed by atoms with Crippen molar-refractivity contribution >= 4 is 34.2 Å². The molecule has 1 amide bonds. The monoisotopic (exact) mass is 393 g/mol. The second kappa shape index (κ2) is 8.23. The molecule has 1 saturated heterocycles. The van der Waals surface area contributed by atoms with E-state index in [4.69, 9.17) is 4.42 Å². The lowest BCUT2D eigenvalue weighted by molar-refractivity contribution is 0.0609. The number of Topliss-reactive ketones (excluding diaryl/α,β-unsaturated/α-hetero) is 1. The van der Waals surface area contributed by atoms with Gasteiger partial charge in [-0.05, 0) is 48.1 Å². The van der Waals surface area contributed by atoms with Crippen molar-refractivity contribution in [1.29, 1.82) is 0 Å². The fraction of sp³-hybridized carbons (Fsp3) is 0.304. The van der Waals surface area contributed by atoms with E-state index in [2.05, 4.69) is 0 Å². The fourth-order valence-corrected chi connectivity index (χ4v) is 4.26. The van der Waals surface area contributed by atoms with E-state index < -0.39 is 0 Å². The van der Waals surface area contributed by atoms with Crippen LogP contribution in [0.4, 0.5) is 0 Å². The van der Waals surface area contributed by atoms with E-state index in [1.54, 1.807) is 22.7 Å². The Bertz CT molecular complexity index is 1010. The Morgan fingerprint density at radius 1 is 1.11 bits per heavy atom. The number of fused-ring (bicyclic) bond motifs is 1. The number of furan rings is 1. The molecule has 1 aromatic heterocycles. The van der Waals surface area contributed by atoms with Crippen LogP contribution in [0.5, 0.6) is 0 Å². The first-order valence-corrected chi connectivity index (χ1v) is 10.9. The normalized spacial score (nSPS) is 17.0. The Hall–Kier alpha value is -2.53. The highest BCUT2D eigenvalue weighted by Gasteiger charge is 2.30. The zero-order valence-electron chi connectivity index (χ0n) is 15.9. The van der Waals surface area contributed by atoms with E-state index in [0.29, 0.717) is 18.8 Å². The van der Waals surface area contributed by atoms with Crippen LogP contribution in [0.25, 0.3) is 10.8 Å². The molecule has 3 aromatic rings. The van der Waals surface area contributed by atoms with Crippen molar-refractivity contribution in [3.8, 4) is 0 Å². The second-order valence-corrected chi connectivity index (χ2v) is 8.08. The highest BCUT2D eigenvalue weighted by Crippen LogP contribution is 2.25. The van der Waals surface area contributed by atoms with Gasteiger partial charge in [0.25, 0.3) is 5.91 Å². The van der Waals surface area contributed by atoms with E-state index in [1.165, 1.54) is 0 Å². The molecule has 0 spiro atoms. The number of piperidine rings is 1. The maximum atomic E-state index is 13.1. The van der Waals surface area contributed by atoms with Crippen LogP contribution in [0.3, 0.4) is 0 Å². The van der Waals surface area contributed by atoms with Crippen LogP contribution in [0.1, 0.15) is 39.5 Å². The van der Waals surface area contributed by atoms with Gasteiger partial charge in [-0.2, -0.15) is 11.8 Å². The lowest BCUT2D eigenvalue weighted by Crippen LogP contribution is -2.42. The van der Waals surface area contributed by atoms with E-state index in [-0.39, 0.29) is 17.6 Å². The van der Waals surface area contributed by atoms with E-state index in [1.807, 2.05) is 54.8 Å². The molecule has 28 heavy (non-hydrogen) atoms. The highest BCUT2D eigenvalue weighted by atomic mass is 32.2. The molecule has 144 valence electrons. The predicted molar refractivity (Wildman–Crippen MR) is 113 cm³/mol. The summed E-state index contributed by atoms with van der Waals surface area (Å²) in [7, 11) is 0. The first-order valence-electron chi connectivity index (χ1n) is 9.55. The van der Waals surface area contributed by atoms with Crippen LogP contribution in [0.15, 0.2) is 59.0 Å². The average Bonchev–Trinajstić information content (AvgIpc) is 3.21. The maximum Gasteiger partial charge on any atom is 0.289 e. The predicted octanol–water partition coefficient (Wildman–Crippen LogP) is 5.03. The van der Waals surface area contributed by atoms with Crippen LogP contribution < -0.4 is 0 Å². The lowest BCUT2D eigenvalue weighted by Gasteiger charge is -2.31. The standard InChI is InChI=1S/C23H23NO3S/c1-28-15-20-10-11-21(27-20)23(26)24-12-4-7-19(14-24)22(25)18-9-8-16-5-2-3-6-17(16)13-18/h2-3,5-6,8-11,13,19H,4,7,12,14-15H2,1H3/t19-/m1/s1. The van der Waals surface area contributed by atoms with Gasteiger partial charge < -0.3 is 9.32 Å². The minimum absolute atomic E-state index is 0.116. The first kappa shape index (κ1) is 18.8. The van der Waals surface area contributed by atoms with Gasteiger partial charge in [0.2, 0.25) is 0 Å². The minimum atomic E-state index is -0.167. The molecule has 4 nitrogen and oxygen atoms in total. The maximum absolute atomic E-state index is 13.1. The van der Waals surface area contributed by atoms with Gasteiger partial charge in [0.15, 0.2) is 11.5 Å².